The third-order valence-electron chi connectivity index (χ3n) is 6.24. The van der Waals surface area contributed by atoms with E-state index in [0.29, 0.717) is 5.56 Å². The van der Waals surface area contributed by atoms with Crippen molar-refractivity contribution in [1.29, 1.82) is 0 Å². The van der Waals surface area contributed by atoms with Crippen LogP contribution < -0.4 is 5.32 Å². The molecule has 0 saturated carbocycles. The fraction of sp³-hybridized carbons (Fsp3) is 0.222. The van der Waals surface area contributed by atoms with Crippen molar-refractivity contribution in [2.75, 3.05) is 0 Å². The van der Waals surface area contributed by atoms with Crippen LogP contribution in [0.25, 0.3) is 33.3 Å². The first kappa shape index (κ1) is 21.7. The predicted molar refractivity (Wildman–Crippen MR) is 134 cm³/mol. The second-order valence-electron chi connectivity index (χ2n) is 8.73. The second-order valence-corrected chi connectivity index (χ2v) is 8.73. The van der Waals surface area contributed by atoms with Crippen molar-refractivity contribution in [1.82, 2.24) is 29.9 Å². The third kappa shape index (κ3) is 4.12. The van der Waals surface area contributed by atoms with E-state index in [1.807, 2.05) is 74.6 Å². The van der Waals surface area contributed by atoms with Gasteiger partial charge in [0, 0.05) is 54.4 Å². The first-order valence-corrected chi connectivity index (χ1v) is 11.5. The lowest BCUT2D eigenvalue weighted by molar-refractivity contribution is 0.0939. The molecule has 0 fully saturated rings. The number of nitrogens with one attached hydrogen (secondary N) is 2. The van der Waals surface area contributed by atoms with Crippen molar-refractivity contribution < 1.29 is 4.79 Å². The number of aryl methyl sites for hydroxylation is 3. The Morgan fingerprint density at radius 3 is 2.68 bits per heavy atom. The highest BCUT2D eigenvalue weighted by molar-refractivity contribution is 5.99. The summed E-state index contributed by atoms with van der Waals surface area (Å²) in [6, 6.07) is 14.1. The molecule has 0 aliphatic rings. The van der Waals surface area contributed by atoms with Crippen LogP contribution in [-0.2, 0) is 13.6 Å². The lowest BCUT2D eigenvalue weighted by Gasteiger charge is -2.18. The Bertz CT molecular complexity index is 1490. The quantitative estimate of drug-likeness (QED) is 0.369. The number of fused-ring (bicyclic) bond motifs is 1. The largest absolute Gasteiger partial charge is 0.361 e. The topological polar surface area (TPSA) is 80.5 Å². The van der Waals surface area contributed by atoms with Gasteiger partial charge in [0.2, 0.25) is 0 Å². The zero-order valence-corrected chi connectivity index (χ0v) is 19.8. The minimum Gasteiger partial charge on any atom is -0.361 e. The van der Waals surface area contributed by atoms with E-state index in [1.165, 1.54) is 0 Å². The van der Waals surface area contributed by atoms with Gasteiger partial charge < -0.3 is 10.3 Å². The lowest BCUT2D eigenvalue weighted by atomic mass is 9.96. The van der Waals surface area contributed by atoms with Crippen LogP contribution in [0.3, 0.4) is 0 Å². The lowest BCUT2D eigenvalue weighted by Crippen LogP contribution is -2.27. The molecule has 172 valence electrons. The van der Waals surface area contributed by atoms with Crippen molar-refractivity contribution in [3.63, 3.8) is 0 Å². The Morgan fingerprint density at radius 2 is 1.94 bits per heavy atom. The number of amides is 1. The van der Waals surface area contributed by atoms with Crippen LogP contribution in [0, 0.1) is 6.92 Å². The predicted octanol–water partition coefficient (Wildman–Crippen LogP) is 5.25. The Hall–Kier alpha value is -4.13. The second kappa shape index (κ2) is 8.67. The number of H-pyrrole nitrogens is 1. The van der Waals surface area contributed by atoms with Crippen LogP contribution in [0.2, 0.25) is 0 Å². The first-order chi connectivity index (χ1) is 16.4. The molecule has 1 atom stereocenters. The molecular weight excluding hydrogens is 424 g/mol. The number of carbonyl (C=O) groups is 1. The molecule has 0 saturated heterocycles. The van der Waals surface area contributed by atoms with Gasteiger partial charge in [0.1, 0.15) is 0 Å². The average molecular weight is 453 g/mol. The van der Waals surface area contributed by atoms with E-state index in [0.717, 1.165) is 51.0 Å². The molecule has 0 aliphatic carbocycles. The van der Waals surface area contributed by atoms with Gasteiger partial charge in [-0.05, 0) is 85.3 Å². The Morgan fingerprint density at radius 1 is 1.12 bits per heavy atom. The van der Waals surface area contributed by atoms with Gasteiger partial charge in [0.05, 0.1) is 17.9 Å². The maximum Gasteiger partial charge on any atom is 0.252 e. The summed E-state index contributed by atoms with van der Waals surface area (Å²) in [4.78, 5) is 16.4. The summed E-state index contributed by atoms with van der Waals surface area (Å²) in [6.45, 7) is 6.86. The molecule has 0 unspecified atom stereocenters. The molecule has 7 nitrogen and oxygen atoms in total. The average Bonchev–Trinajstić information content (AvgIpc) is 3.58. The summed E-state index contributed by atoms with van der Waals surface area (Å²) in [7, 11) is 1.91. The SMILES string of the molecule is CCn1ccc(-c2cc(-c3cnn(C)c3)cc([C@@H](C)NC(=O)c3cc4[nH]ccc4cc3C)c2)n1. The number of aromatic nitrogens is 5. The molecule has 5 aromatic rings. The molecule has 0 aliphatic heterocycles. The number of hydrogen-bond donors (Lipinski definition) is 2. The molecule has 0 bridgehead atoms. The van der Waals surface area contributed by atoms with Gasteiger partial charge in [0.15, 0.2) is 0 Å². The van der Waals surface area contributed by atoms with Gasteiger partial charge in [-0.2, -0.15) is 10.2 Å². The van der Waals surface area contributed by atoms with Gasteiger partial charge in [0.25, 0.3) is 5.91 Å². The molecule has 0 spiro atoms. The number of benzene rings is 2. The van der Waals surface area contributed by atoms with Crippen molar-refractivity contribution in [3.8, 4) is 22.4 Å². The van der Waals surface area contributed by atoms with E-state index in [2.05, 4.69) is 45.6 Å². The first-order valence-electron chi connectivity index (χ1n) is 11.5. The summed E-state index contributed by atoms with van der Waals surface area (Å²) in [5.41, 5.74) is 7.56. The Labute approximate surface area is 198 Å². The number of carbonyl (C=O) groups excluding carboxylic acids is 1. The highest BCUT2D eigenvalue weighted by atomic mass is 16.1. The van der Waals surface area contributed by atoms with E-state index < -0.39 is 0 Å². The van der Waals surface area contributed by atoms with Crippen molar-refractivity contribution >= 4 is 16.8 Å². The van der Waals surface area contributed by atoms with Crippen molar-refractivity contribution in [2.24, 2.45) is 7.05 Å². The molecule has 2 N–H and O–H groups in total. The highest BCUT2D eigenvalue weighted by Crippen LogP contribution is 2.30. The monoisotopic (exact) mass is 452 g/mol. The molecule has 3 aromatic heterocycles. The minimum atomic E-state index is -0.199. The van der Waals surface area contributed by atoms with Gasteiger partial charge in [-0.15, -0.1) is 0 Å². The summed E-state index contributed by atoms with van der Waals surface area (Å²) >= 11 is 0. The van der Waals surface area contributed by atoms with Crippen LogP contribution in [-0.4, -0.2) is 30.5 Å². The fourth-order valence-corrected chi connectivity index (χ4v) is 4.29. The molecule has 2 aromatic carbocycles. The van der Waals surface area contributed by atoms with Crippen molar-refractivity contribution in [3.05, 3.63) is 83.9 Å². The van der Waals surface area contributed by atoms with Crippen LogP contribution >= 0.6 is 0 Å². The molecule has 34 heavy (non-hydrogen) atoms. The third-order valence-corrected chi connectivity index (χ3v) is 6.24. The fourth-order valence-electron chi connectivity index (χ4n) is 4.29. The van der Waals surface area contributed by atoms with E-state index >= 15 is 0 Å². The number of rotatable bonds is 6. The van der Waals surface area contributed by atoms with E-state index in [4.69, 9.17) is 0 Å². The zero-order chi connectivity index (χ0) is 23.8. The number of hydrogen-bond acceptors (Lipinski definition) is 3. The molecule has 1 amide bonds. The van der Waals surface area contributed by atoms with Gasteiger partial charge >= 0.3 is 0 Å². The summed E-state index contributed by atoms with van der Waals surface area (Å²) in [5, 5.41) is 13.3. The van der Waals surface area contributed by atoms with Crippen LogP contribution in [0.1, 0.15) is 41.4 Å². The Balaban J connectivity index is 1.50. The van der Waals surface area contributed by atoms with E-state index in [1.54, 1.807) is 4.68 Å². The van der Waals surface area contributed by atoms with E-state index in [-0.39, 0.29) is 11.9 Å². The van der Waals surface area contributed by atoms with Gasteiger partial charge in [-0.3, -0.25) is 14.2 Å². The number of nitrogens with zero attached hydrogens (tertiary/aromatic N) is 4. The smallest absolute Gasteiger partial charge is 0.252 e. The van der Waals surface area contributed by atoms with Crippen LogP contribution in [0.15, 0.2) is 67.3 Å². The molecule has 5 rings (SSSR count). The summed E-state index contributed by atoms with van der Waals surface area (Å²) in [5.74, 6) is -0.0925. The Kier molecular flexibility index (Phi) is 5.53. The van der Waals surface area contributed by atoms with Gasteiger partial charge in [-0.1, -0.05) is 0 Å². The van der Waals surface area contributed by atoms with E-state index in [9.17, 15) is 4.79 Å². The normalized spacial score (nSPS) is 12.2. The van der Waals surface area contributed by atoms with Gasteiger partial charge in [-0.25, -0.2) is 0 Å². The molecule has 3 heterocycles. The van der Waals surface area contributed by atoms with Crippen LogP contribution in [0.5, 0.6) is 0 Å². The molecule has 0 radical (unpaired) electrons. The summed E-state index contributed by atoms with van der Waals surface area (Å²) < 4.78 is 3.70. The standard InChI is InChI=1S/C27H28N6O/c1-5-33-9-7-25(31-33)22-12-20(11-21(13-22)23-15-29-32(4)16-23)18(3)30-27(34)24-14-26-19(6-8-28-26)10-17(24)2/h6-16,18,28H,5H2,1-4H3,(H,30,34)/t18-/m1/s1. The highest BCUT2D eigenvalue weighted by Gasteiger charge is 2.17. The molecular formula is C27H28N6O. The number of aromatic amines is 1. The van der Waals surface area contributed by atoms with Crippen molar-refractivity contribution in [2.45, 2.75) is 33.4 Å². The maximum atomic E-state index is 13.2. The maximum absolute atomic E-state index is 13.2. The minimum absolute atomic E-state index is 0.0925. The molecule has 7 heteroatoms. The summed E-state index contributed by atoms with van der Waals surface area (Å²) in [6.07, 6.45) is 7.72. The van der Waals surface area contributed by atoms with Crippen LogP contribution in [0.4, 0.5) is 0 Å². The zero-order valence-electron chi connectivity index (χ0n) is 19.8.